The molecule has 0 saturated carbocycles. The number of carboxylic acids is 1. The molecule has 0 bridgehead atoms. The van der Waals surface area contributed by atoms with Crippen LogP contribution in [0.3, 0.4) is 0 Å². The molecule has 1 aliphatic rings. The van der Waals surface area contributed by atoms with E-state index in [2.05, 4.69) is 10.1 Å². The highest BCUT2D eigenvalue weighted by Crippen LogP contribution is 2.26. The summed E-state index contributed by atoms with van der Waals surface area (Å²) < 4.78 is 8.58. The summed E-state index contributed by atoms with van der Waals surface area (Å²) in [4.78, 5) is 15.1. The molecule has 7 nitrogen and oxygen atoms in total. The van der Waals surface area contributed by atoms with Gasteiger partial charge in [-0.05, 0) is 12.8 Å². The van der Waals surface area contributed by atoms with Crippen LogP contribution in [0.15, 0.2) is 6.20 Å². The molecule has 0 radical (unpaired) electrons. The number of rotatable bonds is 2. The fourth-order valence-corrected chi connectivity index (χ4v) is 2.39. The van der Waals surface area contributed by atoms with E-state index in [-0.39, 0.29) is 5.69 Å². The van der Waals surface area contributed by atoms with Crippen molar-refractivity contribution in [3.63, 3.8) is 0 Å². The summed E-state index contributed by atoms with van der Waals surface area (Å²) in [6.45, 7) is 1.46. The van der Waals surface area contributed by atoms with Crippen LogP contribution in [-0.4, -0.2) is 43.5 Å². The zero-order valence-corrected chi connectivity index (χ0v) is 10.0. The molecule has 7 heteroatoms. The highest BCUT2D eigenvalue weighted by molar-refractivity contribution is 5.86. The lowest BCUT2D eigenvalue weighted by molar-refractivity contribution is 0.0687. The SMILES string of the molecule is Cn1c(C2CCOCC2)nn2c(C(=O)O)cnc12. The number of hydrogen-bond donors (Lipinski definition) is 1. The second-order valence-electron chi connectivity index (χ2n) is 4.46. The first kappa shape index (κ1) is 11.2. The Balaban J connectivity index is 2.07. The fraction of sp³-hybridized carbons (Fsp3) is 0.545. The van der Waals surface area contributed by atoms with Gasteiger partial charge in [0, 0.05) is 26.2 Å². The van der Waals surface area contributed by atoms with Crippen molar-refractivity contribution in [3.8, 4) is 0 Å². The molecular weight excluding hydrogens is 236 g/mol. The van der Waals surface area contributed by atoms with Gasteiger partial charge >= 0.3 is 5.97 Å². The van der Waals surface area contributed by atoms with Crippen LogP contribution in [0.25, 0.3) is 5.78 Å². The van der Waals surface area contributed by atoms with Crippen molar-refractivity contribution in [3.05, 3.63) is 17.7 Å². The van der Waals surface area contributed by atoms with Crippen LogP contribution >= 0.6 is 0 Å². The zero-order chi connectivity index (χ0) is 12.7. The van der Waals surface area contributed by atoms with E-state index in [9.17, 15) is 4.79 Å². The first-order valence-corrected chi connectivity index (χ1v) is 5.90. The number of aromatic nitrogens is 4. The van der Waals surface area contributed by atoms with Crippen LogP contribution in [-0.2, 0) is 11.8 Å². The third-order valence-electron chi connectivity index (χ3n) is 3.37. The number of hydrogen-bond acceptors (Lipinski definition) is 4. The lowest BCUT2D eigenvalue weighted by Gasteiger charge is -2.20. The molecule has 18 heavy (non-hydrogen) atoms. The largest absolute Gasteiger partial charge is 0.476 e. The van der Waals surface area contributed by atoms with Gasteiger partial charge in [-0.3, -0.25) is 4.57 Å². The van der Waals surface area contributed by atoms with Crippen molar-refractivity contribution >= 4 is 11.7 Å². The fourth-order valence-electron chi connectivity index (χ4n) is 2.39. The highest BCUT2D eigenvalue weighted by atomic mass is 16.5. The second-order valence-corrected chi connectivity index (χ2v) is 4.46. The number of aromatic carboxylic acids is 1. The molecule has 0 spiro atoms. The number of carbonyl (C=O) groups is 1. The first-order chi connectivity index (χ1) is 8.68. The molecule has 3 rings (SSSR count). The monoisotopic (exact) mass is 250 g/mol. The molecule has 0 aliphatic carbocycles. The maximum absolute atomic E-state index is 11.0. The summed E-state index contributed by atoms with van der Waals surface area (Å²) in [6, 6.07) is 0. The predicted molar refractivity (Wildman–Crippen MR) is 61.7 cm³/mol. The van der Waals surface area contributed by atoms with Crippen molar-refractivity contribution in [2.24, 2.45) is 7.05 Å². The van der Waals surface area contributed by atoms with Crippen molar-refractivity contribution in [1.29, 1.82) is 0 Å². The minimum Gasteiger partial charge on any atom is -0.476 e. The van der Waals surface area contributed by atoms with Gasteiger partial charge in [-0.25, -0.2) is 9.78 Å². The van der Waals surface area contributed by atoms with E-state index in [1.807, 2.05) is 11.6 Å². The standard InChI is InChI=1S/C11H14N4O3/c1-14-9(7-2-4-18-5-3-7)13-15-8(10(16)17)6-12-11(14)15/h6-7H,2-5H2,1H3,(H,16,17). The Morgan fingerprint density at radius 2 is 2.22 bits per heavy atom. The van der Waals surface area contributed by atoms with Gasteiger partial charge in [0.05, 0.1) is 6.20 Å². The van der Waals surface area contributed by atoms with Gasteiger partial charge < -0.3 is 9.84 Å². The third kappa shape index (κ3) is 1.59. The lowest BCUT2D eigenvalue weighted by Crippen LogP contribution is -2.17. The van der Waals surface area contributed by atoms with Crippen LogP contribution in [0.1, 0.15) is 35.1 Å². The Hall–Kier alpha value is -1.89. The number of carboxylic acid groups (broad SMARTS) is 1. The number of imidazole rings is 1. The maximum Gasteiger partial charge on any atom is 0.356 e. The summed E-state index contributed by atoms with van der Waals surface area (Å²) in [5.41, 5.74) is 0.0962. The maximum atomic E-state index is 11.0. The molecule has 2 aromatic heterocycles. The van der Waals surface area contributed by atoms with Crippen LogP contribution in [0.5, 0.6) is 0 Å². The van der Waals surface area contributed by atoms with Gasteiger partial charge in [0.1, 0.15) is 5.82 Å². The van der Waals surface area contributed by atoms with Crippen molar-refractivity contribution < 1.29 is 14.6 Å². The summed E-state index contributed by atoms with van der Waals surface area (Å²) in [7, 11) is 1.87. The molecular formula is C11H14N4O3. The summed E-state index contributed by atoms with van der Waals surface area (Å²) in [6.07, 6.45) is 3.16. The number of fused-ring (bicyclic) bond motifs is 1. The molecule has 96 valence electrons. The molecule has 1 saturated heterocycles. The second kappa shape index (κ2) is 4.09. The Bertz CT molecular complexity index is 595. The normalized spacial score (nSPS) is 17.4. The quantitative estimate of drug-likeness (QED) is 0.846. The predicted octanol–water partition coefficient (Wildman–Crippen LogP) is 0.660. The highest BCUT2D eigenvalue weighted by Gasteiger charge is 2.24. The minimum absolute atomic E-state index is 0.0962. The topological polar surface area (TPSA) is 81.7 Å². The van der Waals surface area contributed by atoms with E-state index >= 15 is 0 Å². The zero-order valence-electron chi connectivity index (χ0n) is 10.0. The molecule has 3 heterocycles. The average molecular weight is 250 g/mol. The molecule has 1 N–H and O–H groups in total. The average Bonchev–Trinajstić information content (AvgIpc) is 2.91. The van der Waals surface area contributed by atoms with Crippen LogP contribution < -0.4 is 0 Å². The van der Waals surface area contributed by atoms with E-state index in [1.165, 1.54) is 10.7 Å². The van der Waals surface area contributed by atoms with Gasteiger partial charge in [0.25, 0.3) is 0 Å². The molecule has 0 atom stereocenters. The molecule has 2 aromatic rings. The molecule has 0 aromatic carbocycles. The van der Waals surface area contributed by atoms with Gasteiger partial charge in [-0.15, -0.1) is 0 Å². The first-order valence-electron chi connectivity index (χ1n) is 5.90. The van der Waals surface area contributed by atoms with Crippen molar-refractivity contribution in [2.45, 2.75) is 18.8 Å². The Kier molecular flexibility index (Phi) is 2.55. The van der Waals surface area contributed by atoms with Crippen molar-refractivity contribution in [2.75, 3.05) is 13.2 Å². The van der Waals surface area contributed by atoms with E-state index < -0.39 is 5.97 Å². The van der Waals surface area contributed by atoms with Crippen LogP contribution in [0.4, 0.5) is 0 Å². The molecule has 1 aliphatic heterocycles. The Morgan fingerprint density at radius 3 is 2.89 bits per heavy atom. The summed E-state index contributed by atoms with van der Waals surface area (Å²) >= 11 is 0. The number of ether oxygens (including phenoxy) is 1. The molecule has 0 unspecified atom stereocenters. The van der Waals surface area contributed by atoms with E-state index in [0.717, 1.165) is 31.9 Å². The lowest BCUT2D eigenvalue weighted by atomic mass is 10.00. The Labute approximate surface area is 103 Å². The van der Waals surface area contributed by atoms with E-state index in [1.54, 1.807) is 0 Å². The van der Waals surface area contributed by atoms with Gasteiger partial charge in [-0.2, -0.15) is 9.61 Å². The van der Waals surface area contributed by atoms with Crippen molar-refractivity contribution in [1.82, 2.24) is 19.2 Å². The number of nitrogens with zero attached hydrogens (tertiary/aromatic N) is 4. The smallest absolute Gasteiger partial charge is 0.356 e. The van der Waals surface area contributed by atoms with Gasteiger partial charge in [0.2, 0.25) is 5.78 Å². The van der Waals surface area contributed by atoms with Crippen LogP contribution in [0, 0.1) is 0 Å². The summed E-state index contributed by atoms with van der Waals surface area (Å²) in [5, 5.41) is 13.4. The number of aryl methyl sites for hydroxylation is 1. The third-order valence-corrected chi connectivity index (χ3v) is 3.37. The van der Waals surface area contributed by atoms with Gasteiger partial charge in [-0.1, -0.05) is 0 Å². The molecule has 0 amide bonds. The Morgan fingerprint density at radius 1 is 1.50 bits per heavy atom. The van der Waals surface area contributed by atoms with Crippen LogP contribution in [0.2, 0.25) is 0 Å². The van der Waals surface area contributed by atoms with E-state index in [4.69, 9.17) is 9.84 Å². The minimum atomic E-state index is -1.01. The van der Waals surface area contributed by atoms with Gasteiger partial charge in [0.15, 0.2) is 5.69 Å². The van der Waals surface area contributed by atoms with E-state index in [0.29, 0.717) is 11.7 Å². The molecule has 1 fully saturated rings. The summed E-state index contributed by atoms with van der Waals surface area (Å²) in [5.74, 6) is 0.740.